The van der Waals surface area contributed by atoms with Crippen molar-refractivity contribution in [2.75, 3.05) is 0 Å². The van der Waals surface area contributed by atoms with Crippen LogP contribution in [0.1, 0.15) is 21.8 Å². The highest BCUT2D eigenvalue weighted by Gasteiger charge is 2.19. The summed E-state index contributed by atoms with van der Waals surface area (Å²) in [6.45, 7) is 0. The van der Waals surface area contributed by atoms with Gasteiger partial charge in [0.1, 0.15) is 5.52 Å². The minimum atomic E-state index is -0.188. The van der Waals surface area contributed by atoms with Crippen molar-refractivity contribution < 1.29 is 9.21 Å². The first-order valence-corrected chi connectivity index (χ1v) is 8.55. The molecule has 0 spiro atoms. The fourth-order valence-electron chi connectivity index (χ4n) is 2.70. The first-order chi connectivity index (χ1) is 13.3. The topological polar surface area (TPSA) is 56.0 Å². The van der Waals surface area contributed by atoms with Crippen LogP contribution in [-0.4, -0.2) is 15.8 Å². The summed E-state index contributed by atoms with van der Waals surface area (Å²) in [5.41, 5.74) is 3.26. The molecule has 0 unspecified atom stereocenters. The smallest absolute Gasteiger partial charge is 0.231 e. The molecule has 4 heteroatoms. The molecule has 0 N–H and O–H groups in total. The van der Waals surface area contributed by atoms with Crippen molar-refractivity contribution in [1.29, 1.82) is 0 Å². The van der Waals surface area contributed by atoms with E-state index in [2.05, 4.69) is 9.97 Å². The maximum Gasteiger partial charge on any atom is 0.231 e. The van der Waals surface area contributed by atoms with Crippen molar-refractivity contribution in [3.05, 3.63) is 108 Å². The molecule has 130 valence electrons. The maximum atomic E-state index is 13.0. The quantitative estimate of drug-likeness (QED) is 0.281. The van der Waals surface area contributed by atoms with Crippen LogP contribution in [0.5, 0.6) is 0 Å². The van der Waals surface area contributed by atoms with Gasteiger partial charge in [-0.3, -0.25) is 9.78 Å². The van der Waals surface area contributed by atoms with Gasteiger partial charge in [-0.05, 0) is 35.9 Å². The number of benzene rings is 2. The van der Waals surface area contributed by atoms with Crippen LogP contribution in [0, 0.1) is 0 Å². The molecule has 2 aromatic carbocycles. The first kappa shape index (κ1) is 16.7. The molecular weight excluding hydrogens is 336 g/mol. The summed E-state index contributed by atoms with van der Waals surface area (Å²) in [4.78, 5) is 21.5. The molecule has 0 amide bonds. The van der Waals surface area contributed by atoms with Gasteiger partial charge in [0.15, 0.2) is 11.4 Å². The third-order valence-corrected chi connectivity index (χ3v) is 4.04. The van der Waals surface area contributed by atoms with Crippen LogP contribution in [-0.2, 0) is 0 Å². The number of Topliss-reactive ketones (excluding diaryl/α,β-unsaturated/α-hetero) is 1. The number of oxazole rings is 1. The molecule has 0 atom stereocenters. The molecule has 2 aromatic heterocycles. The van der Waals surface area contributed by atoms with Crippen molar-refractivity contribution in [3.8, 4) is 0 Å². The van der Waals surface area contributed by atoms with Gasteiger partial charge in [0.2, 0.25) is 5.89 Å². The number of pyridine rings is 1. The number of para-hydroxylation sites is 2. The molecule has 27 heavy (non-hydrogen) atoms. The number of rotatable bonds is 5. The second kappa shape index (κ2) is 7.62. The molecule has 0 aliphatic carbocycles. The summed E-state index contributed by atoms with van der Waals surface area (Å²) in [5, 5.41) is 0. The molecule has 4 nitrogen and oxygen atoms in total. The second-order valence-electron chi connectivity index (χ2n) is 5.91. The van der Waals surface area contributed by atoms with Crippen LogP contribution >= 0.6 is 0 Å². The number of carbonyl (C=O) groups is 1. The highest BCUT2D eigenvalue weighted by molar-refractivity contribution is 6.28. The van der Waals surface area contributed by atoms with E-state index < -0.39 is 0 Å². The molecule has 2 heterocycles. The molecular formula is C23H16N2O2. The summed E-state index contributed by atoms with van der Waals surface area (Å²) < 4.78 is 5.82. The highest BCUT2D eigenvalue weighted by atomic mass is 16.3. The molecule has 0 aliphatic rings. The molecule has 0 saturated heterocycles. The summed E-state index contributed by atoms with van der Waals surface area (Å²) in [6, 6.07) is 20.8. The lowest BCUT2D eigenvalue weighted by Crippen LogP contribution is -2.03. The SMILES string of the molecule is O=C(C(=CC=Cc1ccccc1)c1nc2ccccc2o1)c1cccnc1. The average Bonchev–Trinajstić information content (AvgIpc) is 3.16. The number of nitrogens with zero attached hydrogens (tertiary/aromatic N) is 2. The van der Waals surface area contributed by atoms with Crippen molar-refractivity contribution in [3.63, 3.8) is 0 Å². The van der Waals surface area contributed by atoms with E-state index in [1.54, 1.807) is 30.6 Å². The van der Waals surface area contributed by atoms with Crippen LogP contribution < -0.4 is 0 Å². The van der Waals surface area contributed by atoms with E-state index in [4.69, 9.17) is 4.42 Å². The standard InChI is InChI=1S/C23H16N2O2/c26-22(18-11-7-15-24-16-18)19(12-6-10-17-8-2-1-3-9-17)23-25-20-13-4-5-14-21(20)27-23/h1-16H. The summed E-state index contributed by atoms with van der Waals surface area (Å²) in [5.74, 6) is 0.107. The van der Waals surface area contributed by atoms with Gasteiger partial charge in [-0.25, -0.2) is 4.98 Å². The van der Waals surface area contributed by atoms with Gasteiger partial charge in [-0.15, -0.1) is 0 Å². The third kappa shape index (κ3) is 3.75. The van der Waals surface area contributed by atoms with E-state index in [1.165, 1.54) is 0 Å². The van der Waals surface area contributed by atoms with Crippen LogP contribution in [0.25, 0.3) is 22.7 Å². The Hall–Kier alpha value is -3.79. The minimum absolute atomic E-state index is 0.188. The number of aromatic nitrogens is 2. The number of hydrogen-bond acceptors (Lipinski definition) is 4. The van der Waals surface area contributed by atoms with E-state index in [0.717, 1.165) is 5.56 Å². The fraction of sp³-hybridized carbons (Fsp3) is 0. The third-order valence-electron chi connectivity index (χ3n) is 4.04. The zero-order valence-corrected chi connectivity index (χ0v) is 14.4. The predicted molar refractivity (Wildman–Crippen MR) is 106 cm³/mol. The number of fused-ring (bicyclic) bond motifs is 1. The van der Waals surface area contributed by atoms with Gasteiger partial charge in [0.05, 0.1) is 5.57 Å². The van der Waals surface area contributed by atoms with Gasteiger partial charge in [-0.1, -0.05) is 54.6 Å². The Morgan fingerprint density at radius 3 is 2.52 bits per heavy atom. The Kier molecular flexibility index (Phi) is 4.70. The van der Waals surface area contributed by atoms with Crippen LogP contribution in [0.4, 0.5) is 0 Å². The number of hydrogen-bond donors (Lipinski definition) is 0. The van der Waals surface area contributed by atoms with Gasteiger partial charge >= 0.3 is 0 Å². The lowest BCUT2D eigenvalue weighted by atomic mass is 10.0. The molecule has 0 aliphatic heterocycles. The Balaban J connectivity index is 1.76. The number of ketones is 1. The van der Waals surface area contributed by atoms with Gasteiger partial charge < -0.3 is 4.42 Å². The zero-order chi connectivity index (χ0) is 18.5. The predicted octanol–water partition coefficient (Wildman–Crippen LogP) is 5.20. The molecule has 4 rings (SSSR count). The van der Waals surface area contributed by atoms with Crippen molar-refractivity contribution in [2.24, 2.45) is 0 Å². The molecule has 0 bridgehead atoms. The first-order valence-electron chi connectivity index (χ1n) is 8.55. The minimum Gasteiger partial charge on any atom is -0.436 e. The van der Waals surface area contributed by atoms with Crippen LogP contribution in [0.2, 0.25) is 0 Å². The zero-order valence-electron chi connectivity index (χ0n) is 14.4. The molecule has 0 fully saturated rings. The van der Waals surface area contributed by atoms with Crippen molar-refractivity contribution in [2.45, 2.75) is 0 Å². The molecule has 0 saturated carbocycles. The monoisotopic (exact) mass is 352 g/mol. The van der Waals surface area contributed by atoms with Gasteiger partial charge in [0, 0.05) is 18.0 Å². The second-order valence-corrected chi connectivity index (χ2v) is 5.91. The summed E-state index contributed by atoms with van der Waals surface area (Å²) in [7, 11) is 0. The fourth-order valence-corrected chi connectivity index (χ4v) is 2.70. The normalized spacial score (nSPS) is 11.9. The van der Waals surface area contributed by atoms with Crippen LogP contribution in [0.15, 0.2) is 95.7 Å². The number of allylic oxidation sites excluding steroid dienone is 3. The average molecular weight is 352 g/mol. The van der Waals surface area contributed by atoms with Crippen molar-refractivity contribution in [1.82, 2.24) is 9.97 Å². The van der Waals surface area contributed by atoms with Crippen molar-refractivity contribution >= 4 is 28.5 Å². The maximum absolute atomic E-state index is 13.0. The largest absolute Gasteiger partial charge is 0.436 e. The Morgan fingerprint density at radius 2 is 1.74 bits per heavy atom. The van der Waals surface area contributed by atoms with Gasteiger partial charge in [0.25, 0.3) is 0 Å². The lowest BCUT2D eigenvalue weighted by molar-refractivity contribution is 0.105. The van der Waals surface area contributed by atoms with Crippen LogP contribution in [0.3, 0.4) is 0 Å². The lowest BCUT2D eigenvalue weighted by Gasteiger charge is -2.02. The Labute approximate surface area is 156 Å². The Morgan fingerprint density at radius 1 is 0.926 bits per heavy atom. The van der Waals surface area contributed by atoms with E-state index in [9.17, 15) is 4.79 Å². The van der Waals surface area contributed by atoms with Gasteiger partial charge in [-0.2, -0.15) is 0 Å². The molecule has 0 radical (unpaired) electrons. The van der Waals surface area contributed by atoms with E-state index in [1.807, 2.05) is 66.7 Å². The highest BCUT2D eigenvalue weighted by Crippen LogP contribution is 2.24. The van der Waals surface area contributed by atoms with E-state index in [0.29, 0.717) is 28.1 Å². The summed E-state index contributed by atoms with van der Waals surface area (Å²) in [6.07, 6.45) is 8.66. The van der Waals surface area contributed by atoms with E-state index >= 15 is 0 Å². The summed E-state index contributed by atoms with van der Waals surface area (Å²) >= 11 is 0. The molecule has 4 aromatic rings. The Bertz CT molecular complexity index is 1090. The van der Waals surface area contributed by atoms with E-state index in [-0.39, 0.29) is 5.78 Å². The number of carbonyl (C=O) groups excluding carboxylic acids is 1.